The number of thiazole rings is 1. The Labute approximate surface area is 165 Å². The van der Waals surface area contributed by atoms with Crippen LogP contribution in [0.5, 0.6) is 0 Å². The van der Waals surface area contributed by atoms with Gasteiger partial charge in [0.15, 0.2) is 5.96 Å². The van der Waals surface area contributed by atoms with Crippen molar-refractivity contribution in [2.75, 3.05) is 20.1 Å². The number of fused-ring (bicyclic) bond motifs is 1. The zero-order chi connectivity index (χ0) is 16.1. The van der Waals surface area contributed by atoms with Crippen molar-refractivity contribution >= 4 is 41.3 Å². The topological polar surface area (TPSA) is 40.5 Å². The Balaban J connectivity index is 0.00000208. The maximum atomic E-state index is 4.51. The van der Waals surface area contributed by atoms with Gasteiger partial charge in [0.2, 0.25) is 0 Å². The molecule has 24 heavy (non-hydrogen) atoms. The Morgan fingerprint density at radius 2 is 2.12 bits per heavy atom. The van der Waals surface area contributed by atoms with Gasteiger partial charge in [-0.25, -0.2) is 4.98 Å². The van der Waals surface area contributed by atoms with Gasteiger partial charge in [0, 0.05) is 44.2 Å². The quantitative estimate of drug-likeness (QED) is 0.331. The SMILES string of the molecule is CN=C(NCCCc1nc(C)cs1)N1CCc2ccccc2C1.I. The molecule has 0 saturated carbocycles. The summed E-state index contributed by atoms with van der Waals surface area (Å²) in [5, 5.41) is 6.85. The van der Waals surface area contributed by atoms with Crippen molar-refractivity contribution in [3.8, 4) is 0 Å². The van der Waals surface area contributed by atoms with Crippen LogP contribution >= 0.6 is 35.3 Å². The van der Waals surface area contributed by atoms with Crippen LogP contribution in [-0.4, -0.2) is 36.0 Å². The minimum atomic E-state index is 0. The van der Waals surface area contributed by atoms with Crippen LogP contribution in [0.3, 0.4) is 0 Å². The van der Waals surface area contributed by atoms with Gasteiger partial charge in [-0.1, -0.05) is 24.3 Å². The van der Waals surface area contributed by atoms with Crippen LogP contribution in [0.15, 0.2) is 34.6 Å². The fraction of sp³-hybridized carbons (Fsp3) is 0.444. The number of nitrogens with zero attached hydrogens (tertiary/aromatic N) is 3. The second-order valence-electron chi connectivity index (χ2n) is 5.90. The van der Waals surface area contributed by atoms with E-state index in [-0.39, 0.29) is 24.0 Å². The summed E-state index contributed by atoms with van der Waals surface area (Å²) < 4.78 is 0. The highest BCUT2D eigenvalue weighted by molar-refractivity contribution is 14.0. The van der Waals surface area contributed by atoms with Gasteiger partial charge in [0.05, 0.1) is 5.01 Å². The second-order valence-corrected chi connectivity index (χ2v) is 6.84. The summed E-state index contributed by atoms with van der Waals surface area (Å²) >= 11 is 1.75. The summed E-state index contributed by atoms with van der Waals surface area (Å²) in [6.07, 6.45) is 3.21. The lowest BCUT2D eigenvalue weighted by Crippen LogP contribution is -2.44. The van der Waals surface area contributed by atoms with Crippen molar-refractivity contribution in [2.24, 2.45) is 4.99 Å². The molecule has 2 heterocycles. The van der Waals surface area contributed by atoms with E-state index in [1.54, 1.807) is 11.3 Å². The van der Waals surface area contributed by atoms with E-state index < -0.39 is 0 Å². The lowest BCUT2D eigenvalue weighted by molar-refractivity contribution is 0.378. The number of halogens is 1. The van der Waals surface area contributed by atoms with Crippen molar-refractivity contribution in [3.63, 3.8) is 0 Å². The van der Waals surface area contributed by atoms with E-state index in [1.165, 1.54) is 16.1 Å². The van der Waals surface area contributed by atoms with Gasteiger partial charge in [0.25, 0.3) is 0 Å². The first kappa shape index (κ1) is 19.2. The molecule has 1 aliphatic heterocycles. The van der Waals surface area contributed by atoms with Crippen LogP contribution in [0.2, 0.25) is 0 Å². The molecule has 6 heteroatoms. The molecular formula is C18H25IN4S. The normalized spacial score (nSPS) is 14.1. The molecule has 0 radical (unpaired) electrons. The molecule has 0 amide bonds. The zero-order valence-corrected chi connectivity index (χ0v) is 17.4. The van der Waals surface area contributed by atoms with Gasteiger partial charge in [-0.3, -0.25) is 4.99 Å². The zero-order valence-electron chi connectivity index (χ0n) is 14.3. The molecule has 1 aliphatic rings. The summed E-state index contributed by atoms with van der Waals surface area (Å²) in [4.78, 5) is 11.3. The molecule has 0 saturated heterocycles. The maximum absolute atomic E-state index is 4.51. The Hall–Kier alpha value is -1.15. The highest BCUT2D eigenvalue weighted by atomic mass is 127. The first-order valence-corrected chi connectivity index (χ1v) is 9.07. The number of aryl methyl sites for hydroxylation is 2. The number of nitrogens with one attached hydrogen (secondary N) is 1. The minimum Gasteiger partial charge on any atom is -0.356 e. The number of aliphatic imine (C=N–C) groups is 1. The van der Waals surface area contributed by atoms with Crippen molar-refractivity contribution < 1.29 is 0 Å². The van der Waals surface area contributed by atoms with Gasteiger partial charge >= 0.3 is 0 Å². The fourth-order valence-corrected chi connectivity index (χ4v) is 3.78. The fourth-order valence-electron chi connectivity index (χ4n) is 2.97. The van der Waals surface area contributed by atoms with E-state index >= 15 is 0 Å². The summed E-state index contributed by atoms with van der Waals surface area (Å²) in [6, 6.07) is 8.70. The van der Waals surface area contributed by atoms with Crippen molar-refractivity contribution in [1.29, 1.82) is 0 Å². The van der Waals surface area contributed by atoms with Crippen LogP contribution in [0, 0.1) is 6.92 Å². The van der Waals surface area contributed by atoms with Crippen LogP contribution in [-0.2, 0) is 19.4 Å². The molecule has 130 valence electrons. The number of rotatable bonds is 4. The highest BCUT2D eigenvalue weighted by Crippen LogP contribution is 2.18. The van der Waals surface area contributed by atoms with E-state index in [2.05, 4.69) is 49.8 Å². The largest absolute Gasteiger partial charge is 0.356 e. The van der Waals surface area contributed by atoms with E-state index in [4.69, 9.17) is 0 Å². The van der Waals surface area contributed by atoms with Gasteiger partial charge in [-0.2, -0.15) is 0 Å². The number of hydrogen-bond donors (Lipinski definition) is 1. The summed E-state index contributed by atoms with van der Waals surface area (Å²) in [6.45, 7) is 4.96. The summed E-state index contributed by atoms with van der Waals surface area (Å²) in [5.41, 5.74) is 4.01. The van der Waals surface area contributed by atoms with Crippen LogP contribution < -0.4 is 5.32 Å². The Morgan fingerprint density at radius 1 is 1.33 bits per heavy atom. The number of hydrogen-bond acceptors (Lipinski definition) is 3. The number of guanidine groups is 1. The molecule has 0 atom stereocenters. The molecular weight excluding hydrogens is 431 g/mol. The highest BCUT2D eigenvalue weighted by Gasteiger charge is 2.18. The molecule has 1 aromatic carbocycles. The molecule has 0 fully saturated rings. The van der Waals surface area contributed by atoms with E-state index in [1.807, 2.05) is 14.0 Å². The van der Waals surface area contributed by atoms with Crippen molar-refractivity contribution in [3.05, 3.63) is 51.5 Å². The first-order valence-electron chi connectivity index (χ1n) is 8.19. The molecule has 2 aromatic rings. The number of aromatic nitrogens is 1. The van der Waals surface area contributed by atoms with Gasteiger partial charge < -0.3 is 10.2 Å². The molecule has 4 nitrogen and oxygen atoms in total. The molecule has 3 rings (SSSR count). The van der Waals surface area contributed by atoms with Crippen molar-refractivity contribution in [2.45, 2.75) is 32.7 Å². The standard InChI is InChI=1S/C18H24N4S.HI/c1-14-13-23-17(21-14)8-5-10-20-18(19-2)22-11-9-15-6-3-4-7-16(15)12-22;/h3-4,6-7,13H,5,8-12H2,1-2H3,(H,19,20);1H. The van der Waals surface area contributed by atoms with Crippen LogP contribution in [0.4, 0.5) is 0 Å². The lowest BCUT2D eigenvalue weighted by atomic mass is 10.0. The predicted octanol–water partition coefficient (Wildman–Crippen LogP) is 3.64. The van der Waals surface area contributed by atoms with Crippen LogP contribution in [0.1, 0.15) is 28.2 Å². The molecule has 0 unspecified atom stereocenters. The second kappa shape index (κ2) is 9.36. The van der Waals surface area contributed by atoms with Gasteiger partial charge in [-0.15, -0.1) is 35.3 Å². The Morgan fingerprint density at radius 3 is 2.83 bits per heavy atom. The molecule has 0 spiro atoms. The van der Waals surface area contributed by atoms with Crippen LogP contribution in [0.25, 0.3) is 0 Å². The molecule has 0 aliphatic carbocycles. The monoisotopic (exact) mass is 456 g/mol. The maximum Gasteiger partial charge on any atom is 0.193 e. The average Bonchev–Trinajstić information content (AvgIpc) is 3.00. The third kappa shape index (κ3) is 4.92. The predicted molar refractivity (Wildman–Crippen MR) is 113 cm³/mol. The third-order valence-electron chi connectivity index (χ3n) is 4.16. The van der Waals surface area contributed by atoms with Gasteiger partial charge in [-0.05, 0) is 30.9 Å². The van der Waals surface area contributed by atoms with Crippen molar-refractivity contribution in [1.82, 2.24) is 15.2 Å². The first-order chi connectivity index (χ1) is 11.3. The lowest BCUT2D eigenvalue weighted by Gasteiger charge is -2.31. The number of benzene rings is 1. The average molecular weight is 456 g/mol. The molecule has 0 bridgehead atoms. The minimum absolute atomic E-state index is 0. The smallest absolute Gasteiger partial charge is 0.193 e. The van der Waals surface area contributed by atoms with E-state index in [9.17, 15) is 0 Å². The third-order valence-corrected chi connectivity index (χ3v) is 5.19. The van der Waals surface area contributed by atoms with Gasteiger partial charge in [0.1, 0.15) is 0 Å². The Bertz CT molecular complexity index is 683. The molecule has 1 aromatic heterocycles. The summed E-state index contributed by atoms with van der Waals surface area (Å²) in [7, 11) is 1.87. The van der Waals surface area contributed by atoms with E-state index in [0.29, 0.717) is 0 Å². The van der Waals surface area contributed by atoms with E-state index in [0.717, 1.165) is 50.6 Å². The summed E-state index contributed by atoms with van der Waals surface area (Å²) in [5.74, 6) is 1.01. The Kier molecular flexibility index (Phi) is 7.48. The molecule has 1 N–H and O–H groups in total.